The Hall–Kier alpha value is -11.2. The van der Waals surface area contributed by atoms with Crippen molar-refractivity contribution in [3.8, 4) is 46.0 Å². The fourth-order valence-corrected chi connectivity index (χ4v) is 22.6. The number of hydrogen-bond donors (Lipinski definition) is 0. The van der Waals surface area contributed by atoms with Crippen molar-refractivity contribution in [3.05, 3.63) is 166 Å². The fraction of sp³-hybridized carbons (Fsp3) is 0.413. The van der Waals surface area contributed by atoms with Crippen LogP contribution < -0.4 is 18.9 Å². The molecule has 2 aliphatic heterocycles. The number of fused-ring (bicyclic) bond motifs is 2. The zero-order valence-corrected chi connectivity index (χ0v) is 73.7. The number of benzene rings is 9. The average Bonchev–Trinajstić information content (AvgIpc) is 0.669. The Balaban J connectivity index is 1.16. The van der Waals surface area contributed by atoms with E-state index in [-0.39, 0.29) is 195 Å². The highest BCUT2D eigenvalue weighted by Gasteiger charge is 2.51. The normalized spacial score (nSPS) is 17.3. The maximum absolute atomic E-state index is 17.0. The van der Waals surface area contributed by atoms with E-state index < -0.39 is 89.0 Å². The predicted molar refractivity (Wildman–Crippen MR) is 456 cm³/mol. The molecule has 2 saturated carbocycles. The second-order valence-corrected chi connectivity index (χ2v) is 38.0. The van der Waals surface area contributed by atoms with Crippen LogP contribution in [0.25, 0.3) is 43.1 Å². The van der Waals surface area contributed by atoms with Crippen LogP contribution in [0.5, 0.6) is 46.0 Å². The Kier molecular flexibility index (Phi) is 27.0. The fourth-order valence-electron chi connectivity index (χ4n) is 18.4. The van der Waals surface area contributed by atoms with Gasteiger partial charge in [0.05, 0.1) is 72.9 Å². The second-order valence-electron chi connectivity index (χ2n) is 32.0. The van der Waals surface area contributed by atoms with Gasteiger partial charge in [0, 0.05) is 123 Å². The summed E-state index contributed by atoms with van der Waals surface area (Å²) in [7, 11) is 7.97. The first-order chi connectivity index (χ1) is 58.6. The number of esters is 4. The third-order valence-electron chi connectivity index (χ3n) is 24.1. The van der Waals surface area contributed by atoms with Gasteiger partial charge in [0.15, 0.2) is 0 Å². The molecule has 122 heavy (non-hydrogen) atoms. The van der Waals surface area contributed by atoms with Crippen LogP contribution >= 0.6 is 0 Å². The maximum Gasteiger partial charge on any atom is 0.500 e. The molecule has 28 nitrogen and oxygen atoms in total. The molecule has 644 valence electrons. The summed E-state index contributed by atoms with van der Waals surface area (Å²) in [5.74, 6) is -8.94. The molecule has 6 unspecified atom stereocenters. The number of imide groups is 2. The van der Waals surface area contributed by atoms with E-state index in [4.69, 9.17) is 64.5 Å². The first-order valence-electron chi connectivity index (χ1n) is 41.1. The number of carbonyl (C=O) groups is 10. The van der Waals surface area contributed by atoms with Crippen molar-refractivity contribution in [1.82, 2.24) is 19.6 Å². The maximum atomic E-state index is 17.0. The van der Waals surface area contributed by atoms with Crippen LogP contribution in [0.15, 0.2) is 121 Å². The van der Waals surface area contributed by atoms with Gasteiger partial charge in [-0.2, -0.15) is 0 Å². The quantitative estimate of drug-likeness (QED) is 0.00903. The molecule has 13 rings (SSSR count). The van der Waals surface area contributed by atoms with Crippen molar-refractivity contribution in [2.45, 2.75) is 142 Å². The third kappa shape index (κ3) is 17.0. The minimum absolute atomic E-state index is 0.00255. The largest absolute Gasteiger partial charge is 0.500 e. The lowest BCUT2D eigenvalue weighted by Gasteiger charge is -2.42. The van der Waals surface area contributed by atoms with Crippen molar-refractivity contribution in [2.75, 3.05) is 84.2 Å². The number of amides is 6. The van der Waals surface area contributed by atoms with E-state index in [1.54, 1.807) is 101 Å². The van der Waals surface area contributed by atoms with Crippen molar-refractivity contribution < 1.29 is 112 Å². The van der Waals surface area contributed by atoms with Gasteiger partial charge in [0.2, 0.25) is 11.8 Å². The molecular formula is C92H104N4O24Si2. The van der Waals surface area contributed by atoms with Crippen LogP contribution in [-0.2, 0) is 55.1 Å². The number of hydrogen-bond acceptors (Lipinski definition) is 24. The highest BCUT2D eigenvalue weighted by Crippen LogP contribution is 2.59. The number of rotatable bonds is 34. The predicted octanol–water partition coefficient (Wildman–Crippen LogP) is 16.6. The van der Waals surface area contributed by atoms with Gasteiger partial charge in [-0.1, -0.05) is 77.6 Å². The molecule has 6 amide bonds. The van der Waals surface area contributed by atoms with Gasteiger partial charge >= 0.3 is 41.5 Å². The summed E-state index contributed by atoms with van der Waals surface area (Å²) in [6.07, 6.45) is 5.37. The summed E-state index contributed by atoms with van der Waals surface area (Å²) < 4.78 is 85.4. The topological polar surface area (TPSA) is 313 Å². The number of methoxy groups -OCH3 is 4. The van der Waals surface area contributed by atoms with Crippen molar-refractivity contribution in [2.24, 2.45) is 23.7 Å². The molecule has 2 aliphatic carbocycles. The van der Waals surface area contributed by atoms with E-state index in [0.29, 0.717) is 37.8 Å². The molecule has 2 fully saturated rings. The summed E-state index contributed by atoms with van der Waals surface area (Å²) in [6.45, 7) is 11.7. The SMILES string of the molecule is CCN(C(=O)C(CC(C)C)N1C(=O)c2cc(Oc3cccc(C(=O)OC)c3)c3c4c(Oc5cccc(C(=O)OC)c5)cc5c6c(cc(Oc7cccc(C(=O)OC)c7)c(c7c(Oc8cccc(C(=O)OC)c8)cc(c2c37)C1=O)c64)C(=O)N(C(CC(C)C)C(=O)N(CC)C1CCCC(C[Si](OC)(OC)OC)C1)C5=O)C1CCCC(C[Si](OC)(OC)OC)C1. The van der Waals surface area contributed by atoms with Crippen LogP contribution in [0.3, 0.4) is 0 Å². The number of likely N-dealkylation sites (N-methyl/N-ethyl adjacent to an activating group) is 2. The molecule has 2 heterocycles. The highest BCUT2D eigenvalue weighted by molar-refractivity contribution is 6.61. The molecule has 30 heteroatoms. The van der Waals surface area contributed by atoms with Crippen molar-refractivity contribution in [3.63, 3.8) is 0 Å². The van der Waals surface area contributed by atoms with E-state index in [9.17, 15) is 19.2 Å². The molecule has 0 radical (unpaired) electrons. The summed E-state index contributed by atoms with van der Waals surface area (Å²) in [4.78, 5) is 160. The van der Waals surface area contributed by atoms with Crippen molar-refractivity contribution >= 4 is 120 Å². The Bertz CT molecular complexity index is 4960. The summed E-state index contributed by atoms with van der Waals surface area (Å²) in [5, 5.41) is 0.0857. The lowest BCUT2D eigenvalue weighted by molar-refractivity contribution is -0.139. The molecule has 0 saturated heterocycles. The molecule has 9 aromatic carbocycles. The Labute approximate surface area is 710 Å². The average molecular weight is 1710 g/mol. The highest BCUT2D eigenvalue weighted by atomic mass is 28.4. The van der Waals surface area contributed by atoms with Gasteiger partial charge in [-0.05, 0) is 173 Å². The number of carbonyl (C=O) groups excluding carboxylic acids is 10. The van der Waals surface area contributed by atoms with Gasteiger partial charge in [0.1, 0.15) is 58.1 Å². The van der Waals surface area contributed by atoms with Crippen molar-refractivity contribution in [1.29, 1.82) is 0 Å². The van der Waals surface area contributed by atoms with E-state index in [0.717, 1.165) is 35.5 Å². The lowest BCUT2D eigenvalue weighted by atomic mass is 9.80. The molecule has 9 aromatic rings. The molecular weight excluding hydrogens is 1600 g/mol. The minimum Gasteiger partial charge on any atom is -0.465 e. The van der Waals surface area contributed by atoms with Crippen LogP contribution in [0.2, 0.25) is 12.1 Å². The first-order valence-corrected chi connectivity index (χ1v) is 45.0. The first kappa shape index (κ1) is 88.6. The molecule has 0 spiro atoms. The number of ether oxygens (including phenoxy) is 8. The van der Waals surface area contributed by atoms with E-state index in [1.807, 2.05) is 41.5 Å². The Morgan fingerprint density at radius 3 is 0.861 bits per heavy atom. The van der Waals surface area contributed by atoms with Gasteiger partial charge in [-0.25, -0.2) is 19.2 Å². The molecule has 4 aliphatic rings. The summed E-state index contributed by atoms with van der Waals surface area (Å²) in [5.41, 5.74) is -0.510. The van der Waals surface area contributed by atoms with Crippen LogP contribution in [0.1, 0.15) is 189 Å². The van der Waals surface area contributed by atoms with Crippen LogP contribution in [-0.4, -0.2) is 205 Å². The Morgan fingerprint density at radius 1 is 0.369 bits per heavy atom. The van der Waals surface area contributed by atoms with Gasteiger partial charge < -0.3 is 74.3 Å². The summed E-state index contributed by atoms with van der Waals surface area (Å²) >= 11 is 0. The second kappa shape index (κ2) is 37.2. The molecule has 0 aromatic heterocycles. The summed E-state index contributed by atoms with van der Waals surface area (Å²) in [6, 6.07) is 27.2. The monoisotopic (exact) mass is 1700 g/mol. The zero-order valence-electron chi connectivity index (χ0n) is 71.7. The van der Waals surface area contributed by atoms with Gasteiger partial charge in [-0.15, -0.1) is 0 Å². The van der Waals surface area contributed by atoms with Gasteiger partial charge in [0.25, 0.3) is 23.6 Å². The van der Waals surface area contributed by atoms with E-state index in [1.165, 1.54) is 101 Å². The van der Waals surface area contributed by atoms with E-state index >= 15 is 28.8 Å². The lowest BCUT2D eigenvalue weighted by Crippen LogP contribution is -2.57. The van der Waals surface area contributed by atoms with E-state index in [2.05, 4.69) is 0 Å². The molecule has 0 bridgehead atoms. The standard InChI is InChI=1S/C92H104N4O24Si2/c1-17-93(59-31-19-25-53(39-59)49-121(111-11,112-12)113-13)87(101)69(37-51(3)4)95-83(97)65-45-71(117-61-33-21-27-55(41-61)89(103)107-7)77-79-73(119-63-35-23-29-57(43-63)91(105)109-9)47-67-76-68(86(100)96(85(67)99)70(38-52(5)6)88(102)94(18-2)60-32-20-26-54(40-60)50-122(114-14,115-15)116-16)48-74(120-64-36-24-30-58(44-64)92(106)110-10)80(82(76)79)78-72(46-66(84(95)98)75(65)81(77)78)118-62-34-22-28-56(42-62)90(104)108-8/h21-24,27-30,33-36,41-48,51-54,59-60,69-70H,17-20,25-26,31-32,37-40,49-50H2,1-16H3. The number of nitrogens with zero attached hydrogens (tertiary/aromatic N) is 4. The third-order valence-corrected chi connectivity index (χ3v) is 29.9. The molecule has 0 N–H and O–H groups in total. The molecule has 6 atom stereocenters. The van der Waals surface area contributed by atoms with Crippen LogP contribution in [0.4, 0.5) is 0 Å². The van der Waals surface area contributed by atoms with Crippen LogP contribution in [0, 0.1) is 23.7 Å². The Morgan fingerprint density at radius 2 is 0.631 bits per heavy atom. The van der Waals surface area contributed by atoms with Gasteiger partial charge in [-0.3, -0.25) is 38.6 Å². The zero-order chi connectivity index (χ0) is 87.5. The minimum atomic E-state index is -3.12. The smallest absolute Gasteiger partial charge is 0.465 e.